The summed E-state index contributed by atoms with van der Waals surface area (Å²) in [4.78, 5) is 0. The van der Waals surface area contributed by atoms with Crippen molar-refractivity contribution in [2.45, 2.75) is 25.4 Å². The lowest BCUT2D eigenvalue weighted by atomic mass is 9.98. The van der Waals surface area contributed by atoms with E-state index < -0.39 is 0 Å². The molecule has 0 aromatic heterocycles. The van der Waals surface area contributed by atoms with E-state index >= 15 is 0 Å². The van der Waals surface area contributed by atoms with Crippen molar-refractivity contribution in [3.63, 3.8) is 0 Å². The van der Waals surface area contributed by atoms with Crippen molar-refractivity contribution >= 4 is 0 Å². The summed E-state index contributed by atoms with van der Waals surface area (Å²) < 4.78 is 10.7. The summed E-state index contributed by atoms with van der Waals surface area (Å²) >= 11 is 0. The molecule has 0 spiro atoms. The Morgan fingerprint density at radius 1 is 1.56 bits per heavy atom. The van der Waals surface area contributed by atoms with Gasteiger partial charge in [0.2, 0.25) is 0 Å². The van der Waals surface area contributed by atoms with Crippen molar-refractivity contribution in [3.8, 4) is 5.75 Å². The molecular weight excluding hydrogens is 228 g/mol. The van der Waals surface area contributed by atoms with E-state index in [1.54, 1.807) is 7.11 Å². The van der Waals surface area contributed by atoms with E-state index in [-0.39, 0.29) is 6.04 Å². The molecule has 1 aromatic rings. The quantitative estimate of drug-likeness (QED) is 0.847. The van der Waals surface area contributed by atoms with Crippen molar-refractivity contribution < 1.29 is 9.47 Å². The Morgan fingerprint density at radius 3 is 3.00 bits per heavy atom. The molecule has 2 unspecified atom stereocenters. The Balaban J connectivity index is 1.99. The summed E-state index contributed by atoms with van der Waals surface area (Å²) in [5, 5.41) is 3.43. The lowest BCUT2D eigenvalue weighted by Crippen LogP contribution is -2.42. The van der Waals surface area contributed by atoms with Crippen LogP contribution in [0.5, 0.6) is 5.75 Å². The Bertz CT molecular complexity index is 389. The van der Waals surface area contributed by atoms with Crippen LogP contribution in [0.4, 0.5) is 0 Å². The Hall–Kier alpha value is -1.10. The van der Waals surface area contributed by atoms with Crippen LogP contribution in [0.15, 0.2) is 18.2 Å². The molecule has 0 amide bonds. The lowest BCUT2D eigenvalue weighted by molar-refractivity contribution is 0.0720. The average molecular weight is 250 g/mol. The normalized spacial score (nSPS) is 21.6. The van der Waals surface area contributed by atoms with Crippen LogP contribution >= 0.6 is 0 Å². The fraction of sp³-hybridized carbons (Fsp3) is 0.571. The van der Waals surface area contributed by atoms with E-state index in [9.17, 15) is 0 Å². The minimum Gasteiger partial charge on any atom is -0.496 e. The smallest absolute Gasteiger partial charge is 0.121 e. The first-order valence-corrected chi connectivity index (χ1v) is 6.42. The van der Waals surface area contributed by atoms with E-state index in [4.69, 9.17) is 15.2 Å². The molecule has 1 heterocycles. The maximum Gasteiger partial charge on any atom is 0.121 e. The molecule has 0 aliphatic carbocycles. The lowest BCUT2D eigenvalue weighted by Gasteiger charge is -2.26. The fourth-order valence-corrected chi connectivity index (χ4v) is 2.35. The molecule has 1 aliphatic rings. The highest BCUT2D eigenvalue weighted by atomic mass is 16.5. The number of methoxy groups -OCH3 is 1. The number of morpholine rings is 1. The van der Waals surface area contributed by atoms with Crippen LogP contribution in [-0.2, 0) is 4.74 Å². The van der Waals surface area contributed by atoms with Crippen LogP contribution in [-0.4, -0.2) is 32.9 Å². The van der Waals surface area contributed by atoms with Gasteiger partial charge in [0.15, 0.2) is 0 Å². The maximum absolute atomic E-state index is 6.25. The highest BCUT2D eigenvalue weighted by Gasteiger charge is 2.18. The van der Waals surface area contributed by atoms with Gasteiger partial charge < -0.3 is 20.5 Å². The largest absolute Gasteiger partial charge is 0.496 e. The first kappa shape index (κ1) is 13.3. The molecule has 2 rings (SSSR count). The second kappa shape index (κ2) is 6.18. The molecule has 1 aliphatic heterocycles. The third kappa shape index (κ3) is 3.22. The van der Waals surface area contributed by atoms with Crippen LogP contribution in [0.1, 0.15) is 23.6 Å². The summed E-state index contributed by atoms with van der Waals surface area (Å²) in [6, 6.07) is 6.52. The van der Waals surface area contributed by atoms with Crippen molar-refractivity contribution in [3.05, 3.63) is 29.3 Å². The summed E-state index contributed by atoms with van der Waals surface area (Å²) in [5.74, 6) is 0.907. The topological polar surface area (TPSA) is 56.5 Å². The summed E-state index contributed by atoms with van der Waals surface area (Å²) in [5.41, 5.74) is 8.53. The number of nitrogens with one attached hydrogen (secondary N) is 1. The van der Waals surface area contributed by atoms with Crippen molar-refractivity contribution in [2.24, 2.45) is 5.73 Å². The van der Waals surface area contributed by atoms with Crippen molar-refractivity contribution in [1.82, 2.24) is 5.32 Å². The number of benzene rings is 1. The Labute approximate surface area is 108 Å². The predicted octanol–water partition coefficient (Wildman–Crippen LogP) is 1.38. The molecule has 2 atom stereocenters. The second-order valence-corrected chi connectivity index (χ2v) is 4.80. The second-order valence-electron chi connectivity index (χ2n) is 4.80. The van der Waals surface area contributed by atoms with E-state index in [0.29, 0.717) is 6.04 Å². The number of hydrogen-bond acceptors (Lipinski definition) is 4. The van der Waals surface area contributed by atoms with E-state index in [1.165, 1.54) is 0 Å². The van der Waals surface area contributed by atoms with E-state index in [1.807, 2.05) is 19.1 Å². The van der Waals surface area contributed by atoms with Gasteiger partial charge in [-0.25, -0.2) is 0 Å². The van der Waals surface area contributed by atoms with E-state index in [2.05, 4.69) is 11.4 Å². The van der Waals surface area contributed by atoms with Gasteiger partial charge in [0.05, 0.1) is 20.3 Å². The van der Waals surface area contributed by atoms with Gasteiger partial charge in [-0.1, -0.05) is 12.1 Å². The number of rotatable bonds is 4. The number of aryl methyl sites for hydroxylation is 1. The third-order valence-corrected chi connectivity index (χ3v) is 3.38. The third-order valence-electron chi connectivity index (χ3n) is 3.38. The van der Waals surface area contributed by atoms with Gasteiger partial charge in [0.1, 0.15) is 5.75 Å². The molecule has 1 aromatic carbocycles. The van der Waals surface area contributed by atoms with Gasteiger partial charge in [-0.3, -0.25) is 0 Å². The molecule has 4 nitrogen and oxygen atoms in total. The minimum absolute atomic E-state index is 0.0359. The van der Waals surface area contributed by atoms with E-state index in [0.717, 1.165) is 43.1 Å². The zero-order valence-electron chi connectivity index (χ0n) is 11.1. The van der Waals surface area contributed by atoms with Crippen LogP contribution < -0.4 is 15.8 Å². The minimum atomic E-state index is 0.0359. The first-order chi connectivity index (χ1) is 8.70. The molecule has 0 saturated carbocycles. The highest BCUT2D eigenvalue weighted by molar-refractivity contribution is 5.37. The van der Waals surface area contributed by atoms with Gasteiger partial charge in [0.25, 0.3) is 0 Å². The molecule has 3 N–H and O–H groups in total. The van der Waals surface area contributed by atoms with Crippen LogP contribution in [0, 0.1) is 6.92 Å². The number of hydrogen-bond donors (Lipinski definition) is 2. The van der Waals surface area contributed by atoms with Gasteiger partial charge in [-0.2, -0.15) is 0 Å². The van der Waals surface area contributed by atoms with Crippen molar-refractivity contribution in [2.75, 3.05) is 26.9 Å². The van der Waals surface area contributed by atoms with Gasteiger partial charge in [-0.15, -0.1) is 0 Å². The molecule has 0 bridgehead atoms. The SMILES string of the molecule is COc1ccc(C(N)CC2COCCN2)cc1C. The number of ether oxygens (including phenoxy) is 2. The van der Waals surface area contributed by atoms with Gasteiger partial charge in [-0.05, 0) is 30.5 Å². The average Bonchev–Trinajstić information content (AvgIpc) is 2.39. The zero-order chi connectivity index (χ0) is 13.0. The summed E-state index contributed by atoms with van der Waals surface area (Å²) in [7, 11) is 1.69. The molecular formula is C14H22N2O2. The standard InChI is InChI=1S/C14H22N2O2/c1-10-7-11(3-4-14(10)17-2)13(15)8-12-9-18-6-5-16-12/h3-4,7,12-13,16H,5-6,8-9,15H2,1-2H3. The zero-order valence-corrected chi connectivity index (χ0v) is 11.1. The molecule has 4 heteroatoms. The van der Waals surface area contributed by atoms with Crippen LogP contribution in [0.25, 0.3) is 0 Å². The molecule has 0 radical (unpaired) electrons. The summed E-state index contributed by atoms with van der Waals surface area (Å²) in [6.45, 7) is 4.51. The van der Waals surface area contributed by atoms with Crippen molar-refractivity contribution in [1.29, 1.82) is 0 Å². The number of nitrogens with two attached hydrogens (primary N) is 1. The maximum atomic E-state index is 6.25. The molecule has 1 fully saturated rings. The Kier molecular flexibility index (Phi) is 4.58. The summed E-state index contributed by atoms with van der Waals surface area (Å²) in [6.07, 6.45) is 0.895. The first-order valence-electron chi connectivity index (χ1n) is 6.42. The monoisotopic (exact) mass is 250 g/mol. The van der Waals surface area contributed by atoms with Gasteiger partial charge in [0, 0.05) is 18.6 Å². The van der Waals surface area contributed by atoms with Crippen LogP contribution in [0.2, 0.25) is 0 Å². The van der Waals surface area contributed by atoms with Gasteiger partial charge >= 0.3 is 0 Å². The molecule has 100 valence electrons. The fourth-order valence-electron chi connectivity index (χ4n) is 2.35. The van der Waals surface area contributed by atoms with Crippen LogP contribution in [0.3, 0.4) is 0 Å². The Morgan fingerprint density at radius 2 is 2.39 bits per heavy atom. The highest BCUT2D eigenvalue weighted by Crippen LogP contribution is 2.23. The molecule has 1 saturated heterocycles. The predicted molar refractivity (Wildman–Crippen MR) is 71.9 cm³/mol. The molecule has 18 heavy (non-hydrogen) atoms.